The van der Waals surface area contributed by atoms with E-state index in [4.69, 9.17) is 10.5 Å². The number of ether oxygens (including phenoxy) is 1. The summed E-state index contributed by atoms with van der Waals surface area (Å²) in [6.07, 6.45) is 3.35. The van der Waals surface area contributed by atoms with Crippen LogP contribution in [0.25, 0.3) is 0 Å². The summed E-state index contributed by atoms with van der Waals surface area (Å²) in [4.78, 5) is 14.8. The maximum Gasteiger partial charge on any atom is 0.255 e. The summed E-state index contributed by atoms with van der Waals surface area (Å²) in [5.41, 5.74) is 6.22. The lowest BCUT2D eigenvalue weighted by molar-refractivity contribution is -0.119. The van der Waals surface area contributed by atoms with Gasteiger partial charge in [0.15, 0.2) is 12.6 Å². The van der Waals surface area contributed by atoms with Crippen LogP contribution in [-0.2, 0) is 11.2 Å². The first-order valence-corrected chi connectivity index (χ1v) is 7.14. The lowest BCUT2D eigenvalue weighted by Gasteiger charge is -2.11. The van der Waals surface area contributed by atoms with Crippen molar-refractivity contribution in [3.05, 3.63) is 29.8 Å². The summed E-state index contributed by atoms with van der Waals surface area (Å²) in [5.74, 6) is 1.04. The van der Waals surface area contributed by atoms with Gasteiger partial charge in [-0.25, -0.2) is 0 Å². The number of hydrogen-bond donors (Lipinski definition) is 3. The van der Waals surface area contributed by atoms with Crippen LogP contribution in [0.2, 0.25) is 0 Å². The molecule has 0 saturated heterocycles. The van der Waals surface area contributed by atoms with Gasteiger partial charge in [-0.05, 0) is 37.0 Å². The number of benzene rings is 1. The maximum atomic E-state index is 10.6. The zero-order valence-corrected chi connectivity index (χ0v) is 15.0. The molecule has 0 heterocycles. The number of nitrogens with zero attached hydrogens (tertiary/aromatic N) is 1. The molecule has 0 atom stereocenters. The lowest BCUT2D eigenvalue weighted by atomic mass is 10.1. The SMILES string of the molecule is CN=C(NCCc1ccc(OCC(N)=O)cc1)NC1CC1.I. The molecule has 0 unspecified atom stereocenters. The Labute approximate surface area is 147 Å². The molecule has 7 heteroatoms. The predicted molar refractivity (Wildman–Crippen MR) is 97.8 cm³/mol. The van der Waals surface area contributed by atoms with E-state index in [1.807, 2.05) is 24.3 Å². The van der Waals surface area contributed by atoms with Gasteiger partial charge in [-0.1, -0.05) is 12.1 Å². The third-order valence-corrected chi connectivity index (χ3v) is 3.15. The van der Waals surface area contributed by atoms with Crippen molar-refractivity contribution in [2.24, 2.45) is 10.7 Å². The molecule has 0 bridgehead atoms. The lowest BCUT2D eigenvalue weighted by Crippen LogP contribution is -2.39. The summed E-state index contributed by atoms with van der Waals surface area (Å²) in [6.45, 7) is 0.720. The number of hydrogen-bond acceptors (Lipinski definition) is 3. The van der Waals surface area contributed by atoms with E-state index in [1.165, 1.54) is 18.4 Å². The van der Waals surface area contributed by atoms with E-state index in [1.54, 1.807) is 7.05 Å². The van der Waals surface area contributed by atoms with Gasteiger partial charge >= 0.3 is 0 Å². The standard InChI is InChI=1S/C15H22N4O2.HI/c1-17-15(19-12-4-5-12)18-9-8-11-2-6-13(7-3-11)21-10-14(16)20;/h2-3,6-7,12H,4-5,8-10H2,1H3,(H2,16,20)(H2,17,18,19);1H. The minimum Gasteiger partial charge on any atom is -0.484 e. The van der Waals surface area contributed by atoms with Crippen LogP contribution >= 0.6 is 24.0 Å². The maximum absolute atomic E-state index is 10.6. The molecule has 2 rings (SSSR count). The summed E-state index contributed by atoms with van der Waals surface area (Å²) < 4.78 is 5.21. The largest absolute Gasteiger partial charge is 0.484 e. The minimum absolute atomic E-state index is 0. The summed E-state index contributed by atoms with van der Waals surface area (Å²) >= 11 is 0. The van der Waals surface area contributed by atoms with E-state index in [0.717, 1.165) is 18.9 Å². The highest BCUT2D eigenvalue weighted by Gasteiger charge is 2.21. The normalized spacial score (nSPS) is 14.0. The van der Waals surface area contributed by atoms with Crippen molar-refractivity contribution >= 4 is 35.8 Å². The Kier molecular flexibility index (Phi) is 8.00. The van der Waals surface area contributed by atoms with Crippen molar-refractivity contribution in [2.45, 2.75) is 25.3 Å². The van der Waals surface area contributed by atoms with Crippen LogP contribution in [0, 0.1) is 0 Å². The number of aliphatic imine (C=N–C) groups is 1. The number of halogens is 1. The van der Waals surface area contributed by atoms with Gasteiger partial charge in [0.25, 0.3) is 5.91 Å². The van der Waals surface area contributed by atoms with E-state index < -0.39 is 5.91 Å². The molecule has 1 amide bonds. The molecule has 1 fully saturated rings. The van der Waals surface area contributed by atoms with Crippen LogP contribution in [-0.4, -0.2) is 38.1 Å². The molecule has 0 aromatic heterocycles. The number of rotatable bonds is 7. The Balaban J connectivity index is 0.00000242. The molecule has 122 valence electrons. The monoisotopic (exact) mass is 418 g/mol. The van der Waals surface area contributed by atoms with Gasteiger partial charge in [-0.15, -0.1) is 24.0 Å². The zero-order valence-electron chi connectivity index (χ0n) is 12.7. The van der Waals surface area contributed by atoms with E-state index in [0.29, 0.717) is 11.8 Å². The predicted octanol–water partition coefficient (Wildman–Crippen LogP) is 1.04. The molecule has 0 aliphatic heterocycles. The molecule has 1 aliphatic rings. The number of nitrogens with two attached hydrogens (primary N) is 1. The van der Waals surface area contributed by atoms with E-state index >= 15 is 0 Å². The van der Waals surface area contributed by atoms with Gasteiger partial charge in [-0.2, -0.15) is 0 Å². The molecule has 1 aliphatic carbocycles. The Bertz CT molecular complexity index is 501. The molecule has 0 spiro atoms. The van der Waals surface area contributed by atoms with Gasteiger partial charge in [0.2, 0.25) is 0 Å². The summed E-state index contributed by atoms with van der Waals surface area (Å²) in [7, 11) is 1.78. The van der Waals surface area contributed by atoms with E-state index in [9.17, 15) is 4.79 Å². The molecule has 1 aromatic rings. The highest BCUT2D eigenvalue weighted by atomic mass is 127. The van der Waals surface area contributed by atoms with E-state index in [2.05, 4.69) is 15.6 Å². The Hall–Kier alpha value is -1.51. The minimum atomic E-state index is -0.474. The Morgan fingerprint density at radius 3 is 2.59 bits per heavy atom. The molecule has 6 nitrogen and oxygen atoms in total. The summed E-state index contributed by atoms with van der Waals surface area (Å²) in [6, 6.07) is 8.24. The number of amides is 1. The van der Waals surface area contributed by atoms with Crippen molar-refractivity contribution in [2.75, 3.05) is 20.2 Å². The fourth-order valence-electron chi connectivity index (χ4n) is 1.85. The van der Waals surface area contributed by atoms with Gasteiger partial charge in [0, 0.05) is 19.6 Å². The first kappa shape index (κ1) is 18.5. The third kappa shape index (κ3) is 6.97. The number of guanidine groups is 1. The molecule has 0 radical (unpaired) electrons. The van der Waals surface area contributed by atoms with Gasteiger partial charge in [0.1, 0.15) is 5.75 Å². The Morgan fingerprint density at radius 1 is 1.36 bits per heavy atom. The van der Waals surface area contributed by atoms with Crippen LogP contribution in [0.3, 0.4) is 0 Å². The number of primary amides is 1. The quantitative estimate of drug-likeness (QED) is 0.351. The first-order valence-electron chi connectivity index (χ1n) is 7.14. The first-order chi connectivity index (χ1) is 10.2. The summed E-state index contributed by atoms with van der Waals surface area (Å²) in [5, 5.41) is 6.63. The van der Waals surface area contributed by atoms with E-state index in [-0.39, 0.29) is 30.6 Å². The van der Waals surface area contributed by atoms with Gasteiger partial charge < -0.3 is 21.1 Å². The fraction of sp³-hybridized carbons (Fsp3) is 0.467. The number of carbonyl (C=O) groups is 1. The fourth-order valence-corrected chi connectivity index (χ4v) is 1.85. The molecule has 1 saturated carbocycles. The van der Waals surface area contributed by atoms with Crippen LogP contribution in [0.5, 0.6) is 5.75 Å². The number of carbonyl (C=O) groups excluding carboxylic acids is 1. The van der Waals surface area contributed by atoms with Gasteiger partial charge in [-0.3, -0.25) is 9.79 Å². The van der Waals surface area contributed by atoms with Crippen molar-refractivity contribution in [1.82, 2.24) is 10.6 Å². The van der Waals surface area contributed by atoms with Crippen LogP contribution in [0.1, 0.15) is 18.4 Å². The molecular formula is C15H23IN4O2. The number of nitrogens with one attached hydrogen (secondary N) is 2. The Morgan fingerprint density at radius 2 is 2.05 bits per heavy atom. The van der Waals surface area contributed by atoms with Crippen LogP contribution in [0.15, 0.2) is 29.3 Å². The topological polar surface area (TPSA) is 88.7 Å². The smallest absolute Gasteiger partial charge is 0.255 e. The van der Waals surface area contributed by atoms with Gasteiger partial charge in [0.05, 0.1) is 0 Å². The second kappa shape index (κ2) is 9.50. The average molecular weight is 418 g/mol. The third-order valence-electron chi connectivity index (χ3n) is 3.15. The zero-order chi connectivity index (χ0) is 15.1. The van der Waals surface area contributed by atoms with Crippen molar-refractivity contribution in [3.8, 4) is 5.75 Å². The molecule has 22 heavy (non-hydrogen) atoms. The average Bonchev–Trinajstić information content (AvgIpc) is 3.29. The second-order valence-electron chi connectivity index (χ2n) is 5.07. The highest BCUT2D eigenvalue weighted by Crippen LogP contribution is 2.18. The van der Waals surface area contributed by atoms with Crippen LogP contribution in [0.4, 0.5) is 0 Å². The van der Waals surface area contributed by atoms with Crippen molar-refractivity contribution < 1.29 is 9.53 Å². The molecule has 4 N–H and O–H groups in total. The van der Waals surface area contributed by atoms with Crippen LogP contribution < -0.4 is 21.1 Å². The molecular weight excluding hydrogens is 395 g/mol. The highest BCUT2D eigenvalue weighted by molar-refractivity contribution is 14.0. The second-order valence-corrected chi connectivity index (χ2v) is 5.07. The van der Waals surface area contributed by atoms with Crippen molar-refractivity contribution in [1.29, 1.82) is 0 Å². The molecule has 1 aromatic carbocycles. The van der Waals surface area contributed by atoms with Crippen molar-refractivity contribution in [3.63, 3.8) is 0 Å².